The van der Waals surface area contributed by atoms with E-state index in [0.717, 1.165) is 0 Å². The van der Waals surface area contributed by atoms with Gasteiger partial charge in [-0.1, -0.05) is 6.07 Å². The lowest BCUT2D eigenvalue weighted by atomic mass is 10.1. The third kappa shape index (κ3) is 2.43. The van der Waals surface area contributed by atoms with Gasteiger partial charge in [0.15, 0.2) is 0 Å². The van der Waals surface area contributed by atoms with Crippen LogP contribution in [0.5, 0.6) is 0 Å². The highest BCUT2D eigenvalue weighted by Crippen LogP contribution is 2.13. The molecule has 0 fully saturated rings. The summed E-state index contributed by atoms with van der Waals surface area (Å²) in [6.07, 6.45) is 3.14. The van der Waals surface area contributed by atoms with Crippen molar-refractivity contribution in [2.24, 2.45) is 5.92 Å². The van der Waals surface area contributed by atoms with E-state index < -0.39 is 0 Å². The summed E-state index contributed by atoms with van der Waals surface area (Å²) < 4.78 is 0. The summed E-state index contributed by atoms with van der Waals surface area (Å²) in [4.78, 5) is 20.3. The molecule has 1 unspecified atom stereocenters. The maximum Gasteiger partial charge on any atom is 0.253 e. The molecule has 18 heavy (non-hydrogen) atoms. The van der Waals surface area contributed by atoms with Crippen LogP contribution in [0.2, 0.25) is 0 Å². The van der Waals surface area contributed by atoms with Crippen LogP contribution in [0.15, 0.2) is 30.6 Å². The molecule has 0 radical (unpaired) electrons. The highest BCUT2D eigenvalue weighted by molar-refractivity contribution is 6.04. The van der Waals surface area contributed by atoms with Crippen molar-refractivity contribution in [3.05, 3.63) is 36.2 Å². The molecule has 1 aromatic heterocycles. The fourth-order valence-electron chi connectivity index (χ4n) is 1.56. The first-order valence-corrected chi connectivity index (χ1v) is 5.60. The Bertz CT molecular complexity index is 612. The molecule has 0 spiro atoms. The smallest absolute Gasteiger partial charge is 0.253 e. The van der Waals surface area contributed by atoms with Crippen LogP contribution in [0.4, 0.5) is 0 Å². The van der Waals surface area contributed by atoms with Crippen LogP contribution < -0.4 is 5.32 Å². The summed E-state index contributed by atoms with van der Waals surface area (Å²) in [5, 5.41) is 11.4. The lowest BCUT2D eigenvalue weighted by molar-refractivity contribution is 0.0952. The lowest BCUT2D eigenvalue weighted by Crippen LogP contribution is -2.28. The Labute approximate surface area is 104 Å². The molecular formula is C13H12N4O. The number of carbonyl (C=O) groups excluding carboxylic acids is 1. The number of fused-ring (bicyclic) bond motifs is 1. The summed E-state index contributed by atoms with van der Waals surface area (Å²) in [5.74, 6) is -0.446. The number of para-hydroxylation sites is 1. The van der Waals surface area contributed by atoms with Gasteiger partial charge >= 0.3 is 0 Å². The summed E-state index contributed by atoms with van der Waals surface area (Å²) in [5.41, 5.74) is 1.73. The van der Waals surface area contributed by atoms with Gasteiger partial charge < -0.3 is 5.32 Å². The number of rotatable bonds is 3. The summed E-state index contributed by atoms with van der Waals surface area (Å²) in [7, 11) is 0. The van der Waals surface area contributed by atoms with Crippen molar-refractivity contribution in [3.63, 3.8) is 0 Å². The van der Waals surface area contributed by atoms with Crippen molar-refractivity contribution in [1.82, 2.24) is 15.3 Å². The first-order chi connectivity index (χ1) is 8.72. The molecule has 0 aliphatic heterocycles. The minimum absolute atomic E-state index is 0.213. The number of nitrogens with one attached hydrogen (secondary N) is 1. The summed E-state index contributed by atoms with van der Waals surface area (Å²) >= 11 is 0. The van der Waals surface area contributed by atoms with E-state index in [4.69, 9.17) is 5.26 Å². The number of nitrogens with zero attached hydrogens (tertiary/aromatic N) is 3. The normalized spacial score (nSPS) is 11.8. The maximum atomic E-state index is 12.0. The molecule has 90 valence electrons. The number of hydrogen-bond acceptors (Lipinski definition) is 4. The van der Waals surface area contributed by atoms with Gasteiger partial charge in [-0.25, -0.2) is 0 Å². The van der Waals surface area contributed by atoms with Gasteiger partial charge in [0.05, 0.1) is 23.1 Å². The summed E-state index contributed by atoms with van der Waals surface area (Å²) in [6, 6.07) is 7.33. The number of amides is 1. The van der Waals surface area contributed by atoms with E-state index in [0.29, 0.717) is 23.1 Å². The number of hydrogen-bond donors (Lipinski definition) is 1. The van der Waals surface area contributed by atoms with Gasteiger partial charge in [-0.15, -0.1) is 0 Å². The second-order valence-electron chi connectivity index (χ2n) is 3.97. The second kappa shape index (κ2) is 5.23. The van der Waals surface area contributed by atoms with Gasteiger partial charge in [-0.2, -0.15) is 5.26 Å². The largest absolute Gasteiger partial charge is 0.351 e. The van der Waals surface area contributed by atoms with E-state index in [1.807, 2.05) is 0 Å². The zero-order valence-electron chi connectivity index (χ0n) is 9.92. The van der Waals surface area contributed by atoms with Crippen LogP contribution >= 0.6 is 0 Å². The summed E-state index contributed by atoms with van der Waals surface area (Å²) in [6.45, 7) is 2.08. The van der Waals surface area contributed by atoms with Crippen LogP contribution in [0.25, 0.3) is 11.0 Å². The lowest BCUT2D eigenvalue weighted by Gasteiger charge is -2.07. The average molecular weight is 240 g/mol. The van der Waals surface area contributed by atoms with E-state index in [9.17, 15) is 4.79 Å². The highest BCUT2D eigenvalue weighted by Gasteiger charge is 2.11. The maximum absolute atomic E-state index is 12.0. The van der Waals surface area contributed by atoms with Crippen LogP contribution in [-0.2, 0) is 0 Å². The molecule has 0 bridgehead atoms. The zero-order chi connectivity index (χ0) is 13.0. The van der Waals surface area contributed by atoms with Crippen molar-refractivity contribution in [2.45, 2.75) is 6.92 Å². The van der Waals surface area contributed by atoms with Gasteiger partial charge in [-0.3, -0.25) is 14.8 Å². The van der Waals surface area contributed by atoms with Gasteiger partial charge in [0, 0.05) is 18.9 Å². The first-order valence-electron chi connectivity index (χ1n) is 5.60. The molecule has 0 saturated heterocycles. The van der Waals surface area contributed by atoms with Crippen molar-refractivity contribution >= 4 is 16.9 Å². The number of carbonyl (C=O) groups is 1. The molecule has 1 aromatic carbocycles. The van der Waals surface area contributed by atoms with Crippen LogP contribution in [0, 0.1) is 17.2 Å². The Morgan fingerprint density at radius 3 is 3.00 bits per heavy atom. The van der Waals surface area contributed by atoms with Crippen molar-refractivity contribution in [2.75, 3.05) is 6.54 Å². The van der Waals surface area contributed by atoms with Gasteiger partial charge in [-0.05, 0) is 19.1 Å². The molecule has 1 N–H and O–H groups in total. The van der Waals surface area contributed by atoms with E-state index in [2.05, 4.69) is 21.4 Å². The SMILES string of the molecule is CC(C#N)CNC(=O)c1cccc2nccnc12. The molecule has 0 aliphatic carbocycles. The zero-order valence-corrected chi connectivity index (χ0v) is 9.92. The Balaban J connectivity index is 2.26. The van der Waals surface area contributed by atoms with Gasteiger partial charge in [0.25, 0.3) is 5.91 Å². The van der Waals surface area contributed by atoms with Crippen LogP contribution in [0.1, 0.15) is 17.3 Å². The van der Waals surface area contributed by atoms with Crippen LogP contribution in [0.3, 0.4) is 0 Å². The molecule has 2 rings (SSSR count). The number of benzene rings is 1. The predicted molar refractivity (Wildman–Crippen MR) is 66.6 cm³/mol. The van der Waals surface area contributed by atoms with Crippen molar-refractivity contribution < 1.29 is 4.79 Å². The van der Waals surface area contributed by atoms with Gasteiger partial charge in [0.2, 0.25) is 0 Å². The highest BCUT2D eigenvalue weighted by atomic mass is 16.1. The predicted octanol–water partition coefficient (Wildman–Crippen LogP) is 1.52. The topological polar surface area (TPSA) is 78.7 Å². The molecule has 1 heterocycles. The molecule has 1 atom stereocenters. The fourth-order valence-corrected chi connectivity index (χ4v) is 1.56. The Morgan fingerprint density at radius 1 is 1.44 bits per heavy atom. The fraction of sp³-hybridized carbons (Fsp3) is 0.231. The molecular weight excluding hydrogens is 228 g/mol. The molecule has 1 amide bonds. The molecule has 5 heteroatoms. The van der Waals surface area contributed by atoms with Gasteiger partial charge in [0.1, 0.15) is 5.52 Å². The van der Waals surface area contributed by atoms with E-state index in [1.54, 1.807) is 37.5 Å². The van der Waals surface area contributed by atoms with Crippen molar-refractivity contribution in [3.8, 4) is 6.07 Å². The average Bonchev–Trinajstić information content (AvgIpc) is 2.43. The second-order valence-corrected chi connectivity index (χ2v) is 3.97. The Morgan fingerprint density at radius 2 is 2.22 bits per heavy atom. The van der Waals surface area contributed by atoms with E-state index in [1.165, 1.54) is 0 Å². The quantitative estimate of drug-likeness (QED) is 0.882. The number of nitriles is 1. The monoisotopic (exact) mass is 240 g/mol. The standard InChI is InChI=1S/C13H12N4O/c1-9(7-14)8-17-13(18)10-3-2-4-11-12(10)16-6-5-15-11/h2-6,9H,8H2,1H3,(H,17,18). The third-order valence-corrected chi connectivity index (χ3v) is 2.53. The van der Waals surface area contributed by atoms with E-state index >= 15 is 0 Å². The molecule has 0 saturated carbocycles. The minimum atomic E-state index is -0.233. The Kier molecular flexibility index (Phi) is 3.49. The number of aromatic nitrogens is 2. The molecule has 2 aromatic rings. The van der Waals surface area contributed by atoms with Crippen LogP contribution in [-0.4, -0.2) is 22.4 Å². The van der Waals surface area contributed by atoms with Crippen molar-refractivity contribution in [1.29, 1.82) is 5.26 Å². The molecule has 5 nitrogen and oxygen atoms in total. The first kappa shape index (κ1) is 12.0. The molecule has 0 aliphatic rings. The van der Waals surface area contributed by atoms with E-state index in [-0.39, 0.29) is 11.8 Å². The third-order valence-electron chi connectivity index (χ3n) is 2.53. The Hall–Kier alpha value is -2.48. The minimum Gasteiger partial charge on any atom is -0.351 e.